The minimum absolute atomic E-state index is 0.134. The monoisotopic (exact) mass is 466 g/mol. The third-order valence-electron chi connectivity index (χ3n) is 4.35. The summed E-state index contributed by atoms with van der Waals surface area (Å²) >= 11 is 1.43. The number of nitrogens with one attached hydrogen (secondary N) is 1. The molecule has 0 spiro atoms. The summed E-state index contributed by atoms with van der Waals surface area (Å²) in [5.74, 6) is 1.92. The lowest BCUT2D eigenvalue weighted by Gasteiger charge is -2.14. The molecule has 0 radical (unpaired) electrons. The lowest BCUT2D eigenvalue weighted by molar-refractivity contribution is 0.343. The second-order valence-electron chi connectivity index (χ2n) is 6.57. The van der Waals surface area contributed by atoms with E-state index in [4.69, 9.17) is 9.47 Å². The molecule has 1 N–H and O–H groups in total. The summed E-state index contributed by atoms with van der Waals surface area (Å²) in [6, 6.07) is 11.4. The molecule has 3 aromatic rings. The Morgan fingerprint density at radius 3 is 2.39 bits per heavy atom. The molecule has 0 saturated heterocycles. The zero-order valence-corrected chi connectivity index (χ0v) is 18.9. The van der Waals surface area contributed by atoms with Gasteiger partial charge in [0.15, 0.2) is 11.0 Å². The van der Waals surface area contributed by atoms with Crippen LogP contribution in [-0.2, 0) is 17.1 Å². The van der Waals surface area contributed by atoms with E-state index in [0.717, 1.165) is 0 Å². The molecular formula is C20H23FN4O4S2. The van der Waals surface area contributed by atoms with Gasteiger partial charge < -0.3 is 14.0 Å². The smallest absolute Gasteiger partial charge is 0.241 e. The number of nitrogens with zero attached hydrogens (tertiary/aromatic N) is 3. The molecule has 1 unspecified atom stereocenters. The summed E-state index contributed by atoms with van der Waals surface area (Å²) in [5.41, 5.74) is 0. The Balaban J connectivity index is 1.57. The molecule has 1 atom stereocenters. The molecule has 0 aliphatic rings. The first-order chi connectivity index (χ1) is 14.8. The van der Waals surface area contributed by atoms with E-state index in [1.54, 1.807) is 42.8 Å². The lowest BCUT2D eigenvalue weighted by Crippen LogP contribution is -2.28. The van der Waals surface area contributed by atoms with Crippen LogP contribution in [0.2, 0.25) is 0 Å². The van der Waals surface area contributed by atoms with Gasteiger partial charge in [-0.25, -0.2) is 17.5 Å². The van der Waals surface area contributed by atoms with E-state index in [-0.39, 0.29) is 10.7 Å². The summed E-state index contributed by atoms with van der Waals surface area (Å²) in [6.45, 7) is 2.11. The summed E-state index contributed by atoms with van der Waals surface area (Å²) in [6.07, 6.45) is 0. The zero-order valence-electron chi connectivity index (χ0n) is 17.3. The first-order valence-corrected chi connectivity index (χ1v) is 11.8. The molecule has 8 nitrogen and oxygen atoms in total. The number of hydrogen-bond acceptors (Lipinski definition) is 7. The van der Waals surface area contributed by atoms with Gasteiger partial charge >= 0.3 is 0 Å². The van der Waals surface area contributed by atoms with Crippen LogP contribution in [0.1, 0.15) is 18.8 Å². The molecule has 1 heterocycles. The summed E-state index contributed by atoms with van der Waals surface area (Å²) in [4.78, 5) is 0.134. The number of halogens is 1. The number of aromatic nitrogens is 3. The molecule has 0 saturated carbocycles. The predicted molar refractivity (Wildman–Crippen MR) is 115 cm³/mol. The Labute approximate surface area is 184 Å². The number of benzene rings is 2. The number of hydrogen-bond donors (Lipinski definition) is 1. The Kier molecular flexibility index (Phi) is 7.52. The maximum atomic E-state index is 12.9. The molecule has 1 aromatic heterocycles. The number of rotatable bonds is 10. The van der Waals surface area contributed by atoms with Gasteiger partial charge in [0.2, 0.25) is 10.0 Å². The van der Waals surface area contributed by atoms with Crippen molar-refractivity contribution in [2.75, 3.05) is 19.5 Å². The van der Waals surface area contributed by atoms with Crippen LogP contribution in [0.3, 0.4) is 0 Å². The van der Waals surface area contributed by atoms with Crippen molar-refractivity contribution in [1.82, 2.24) is 19.5 Å². The number of thioether (sulfide) groups is 1. The third-order valence-corrected chi connectivity index (χ3v) is 6.90. The molecule has 2 aromatic carbocycles. The lowest BCUT2D eigenvalue weighted by atomic mass is 10.3. The van der Waals surface area contributed by atoms with Crippen molar-refractivity contribution < 1.29 is 22.3 Å². The summed E-state index contributed by atoms with van der Waals surface area (Å²) in [7, 11) is -0.444. The van der Waals surface area contributed by atoms with E-state index in [2.05, 4.69) is 14.9 Å². The normalized spacial score (nSPS) is 12.5. The van der Waals surface area contributed by atoms with Crippen molar-refractivity contribution >= 4 is 21.8 Å². The van der Waals surface area contributed by atoms with E-state index >= 15 is 0 Å². The maximum absolute atomic E-state index is 12.9. The molecule has 0 aliphatic heterocycles. The molecule has 166 valence electrons. The van der Waals surface area contributed by atoms with Crippen molar-refractivity contribution in [3.05, 3.63) is 60.2 Å². The minimum atomic E-state index is -3.73. The fourth-order valence-electron chi connectivity index (χ4n) is 2.76. The molecular weight excluding hydrogens is 443 g/mol. The van der Waals surface area contributed by atoms with Gasteiger partial charge in [-0.15, -0.1) is 10.2 Å². The Morgan fingerprint density at radius 2 is 1.74 bits per heavy atom. The zero-order chi connectivity index (χ0) is 22.4. The fraction of sp³-hybridized carbons (Fsp3) is 0.300. The molecule has 0 bridgehead atoms. The number of ether oxygens (including phenoxy) is 2. The van der Waals surface area contributed by atoms with Crippen LogP contribution in [0.25, 0.3) is 0 Å². The molecule has 0 aliphatic carbocycles. The van der Waals surface area contributed by atoms with Gasteiger partial charge in [-0.1, -0.05) is 11.8 Å². The van der Waals surface area contributed by atoms with Crippen molar-refractivity contribution in [2.45, 2.75) is 23.0 Å². The van der Waals surface area contributed by atoms with Gasteiger partial charge in [0, 0.05) is 12.8 Å². The topological polar surface area (TPSA) is 95.3 Å². The van der Waals surface area contributed by atoms with Crippen LogP contribution < -0.4 is 14.2 Å². The number of methoxy groups -OCH3 is 1. The van der Waals surface area contributed by atoms with Crippen LogP contribution in [0, 0.1) is 5.82 Å². The molecule has 0 fully saturated rings. The highest BCUT2D eigenvalue weighted by atomic mass is 32.2. The predicted octanol–water partition coefficient (Wildman–Crippen LogP) is 3.17. The Morgan fingerprint density at radius 1 is 1.10 bits per heavy atom. The second-order valence-corrected chi connectivity index (χ2v) is 9.35. The quantitative estimate of drug-likeness (QED) is 0.362. The third kappa shape index (κ3) is 5.96. The van der Waals surface area contributed by atoms with Crippen LogP contribution in [0.5, 0.6) is 11.5 Å². The fourth-order valence-corrected chi connectivity index (χ4v) is 4.70. The number of sulfonamides is 1. The minimum Gasteiger partial charge on any atom is -0.497 e. The van der Waals surface area contributed by atoms with Crippen LogP contribution in [0.4, 0.5) is 4.39 Å². The Bertz CT molecular complexity index is 1100. The van der Waals surface area contributed by atoms with E-state index in [1.807, 2.05) is 0 Å². The van der Waals surface area contributed by atoms with Gasteiger partial charge in [-0.05, 0) is 55.5 Å². The van der Waals surface area contributed by atoms with Gasteiger partial charge in [0.05, 0.1) is 24.7 Å². The highest BCUT2D eigenvalue weighted by Crippen LogP contribution is 2.22. The van der Waals surface area contributed by atoms with Gasteiger partial charge in [0.1, 0.15) is 17.3 Å². The van der Waals surface area contributed by atoms with E-state index in [9.17, 15) is 12.8 Å². The average Bonchev–Trinajstić information content (AvgIpc) is 3.12. The van der Waals surface area contributed by atoms with E-state index < -0.39 is 16.1 Å². The molecule has 31 heavy (non-hydrogen) atoms. The van der Waals surface area contributed by atoms with Gasteiger partial charge in [-0.3, -0.25) is 0 Å². The van der Waals surface area contributed by atoms with Crippen molar-refractivity contribution in [1.29, 1.82) is 0 Å². The van der Waals surface area contributed by atoms with E-state index in [1.165, 1.54) is 43.1 Å². The van der Waals surface area contributed by atoms with Crippen molar-refractivity contribution in [3.63, 3.8) is 0 Å². The van der Waals surface area contributed by atoms with E-state index in [0.29, 0.717) is 34.8 Å². The Hall–Kier alpha value is -2.63. The maximum Gasteiger partial charge on any atom is 0.241 e. The van der Waals surface area contributed by atoms with Crippen LogP contribution in [0.15, 0.2) is 58.6 Å². The van der Waals surface area contributed by atoms with Gasteiger partial charge in [0.25, 0.3) is 0 Å². The largest absolute Gasteiger partial charge is 0.497 e. The van der Waals surface area contributed by atoms with Gasteiger partial charge in [-0.2, -0.15) is 0 Å². The molecule has 11 heteroatoms. The first-order valence-electron chi connectivity index (χ1n) is 9.37. The highest BCUT2D eigenvalue weighted by molar-refractivity contribution is 7.99. The van der Waals surface area contributed by atoms with Crippen molar-refractivity contribution in [3.8, 4) is 11.5 Å². The molecule has 0 amide bonds. The summed E-state index contributed by atoms with van der Waals surface area (Å²) < 4.78 is 53.2. The SMILES string of the molecule is COc1ccc(S(=O)(=O)NC(C)c2nnc(SCCOc3ccc(F)cc3)n2C)cc1. The second kappa shape index (κ2) is 10.1. The van der Waals surface area contributed by atoms with Crippen LogP contribution >= 0.6 is 11.8 Å². The molecule has 3 rings (SSSR count). The van der Waals surface area contributed by atoms with Crippen LogP contribution in [-0.4, -0.2) is 42.7 Å². The summed E-state index contributed by atoms with van der Waals surface area (Å²) in [5, 5.41) is 8.90. The highest BCUT2D eigenvalue weighted by Gasteiger charge is 2.22. The average molecular weight is 467 g/mol. The first kappa shape index (κ1) is 23.0. The van der Waals surface area contributed by atoms with Crippen molar-refractivity contribution in [2.24, 2.45) is 7.05 Å². The standard InChI is InChI=1S/C20H23FN4O4S2/c1-14(24-31(26,27)18-10-8-16(28-3)9-11-18)19-22-23-20(25(19)2)30-13-12-29-17-6-4-15(21)5-7-17/h4-11,14,24H,12-13H2,1-3H3.